The van der Waals surface area contributed by atoms with Gasteiger partial charge in [0.05, 0.1) is 88.2 Å². The van der Waals surface area contributed by atoms with Crippen molar-refractivity contribution in [3.63, 3.8) is 0 Å². The molecule has 4 heterocycles. The van der Waals surface area contributed by atoms with Crippen LogP contribution >= 0.6 is 0 Å². The zero-order valence-corrected chi connectivity index (χ0v) is 29.5. The molecule has 2 aromatic rings. The van der Waals surface area contributed by atoms with E-state index in [-0.39, 0.29) is 25.4 Å². The first kappa shape index (κ1) is 40.5. The molecule has 0 amide bonds. The molecule has 2 aromatic heterocycles. The van der Waals surface area contributed by atoms with Crippen molar-refractivity contribution in [3.05, 3.63) is 23.9 Å². The Morgan fingerprint density at radius 1 is 1.08 bits per heavy atom. The first-order chi connectivity index (χ1) is 24.4. The first-order valence-corrected chi connectivity index (χ1v) is 18.7. The highest BCUT2D eigenvalue weighted by Crippen LogP contribution is 2.41. The normalized spacial score (nSPS) is 22.7. The number of nitrogens with zero attached hydrogens (tertiary/aromatic N) is 6. The number of carboxylic acid groups (broad SMARTS) is 1. The van der Waals surface area contributed by atoms with Crippen molar-refractivity contribution in [1.82, 2.24) is 29.7 Å². The lowest BCUT2D eigenvalue weighted by atomic mass is 9.93. The van der Waals surface area contributed by atoms with Crippen molar-refractivity contribution in [2.45, 2.75) is 81.1 Å². The third-order valence-electron chi connectivity index (χ3n) is 8.37. The number of carboxylic acids is 1. The van der Waals surface area contributed by atoms with E-state index in [2.05, 4.69) is 30.0 Å². The molecule has 2 aliphatic rings. The summed E-state index contributed by atoms with van der Waals surface area (Å²) >= 11 is 0. The van der Waals surface area contributed by atoms with Gasteiger partial charge in [-0.2, -0.15) is 0 Å². The second kappa shape index (κ2) is 20.1. The number of aryl methyl sites for hydroxylation is 1. The lowest BCUT2D eigenvalue weighted by molar-refractivity contribution is -0.138. The minimum absolute atomic E-state index is 0.200. The summed E-state index contributed by atoms with van der Waals surface area (Å²) in [7, 11) is -3.22. The molecule has 0 aromatic carbocycles. The van der Waals surface area contributed by atoms with E-state index in [1.165, 1.54) is 6.33 Å². The fraction of sp³-hybridized carbons (Fsp3) is 0.733. The van der Waals surface area contributed by atoms with Gasteiger partial charge in [0.15, 0.2) is 5.82 Å². The number of fused-ring (bicyclic) bond motifs is 1. The monoisotopic (exact) mass is 742 g/mol. The van der Waals surface area contributed by atoms with Gasteiger partial charge >= 0.3 is 5.97 Å². The second-order valence-electron chi connectivity index (χ2n) is 12.3. The molecule has 0 radical (unpaired) electrons. The fourth-order valence-electron chi connectivity index (χ4n) is 5.77. The van der Waals surface area contributed by atoms with E-state index in [0.29, 0.717) is 83.3 Å². The maximum absolute atomic E-state index is 11.5. The van der Waals surface area contributed by atoms with E-state index < -0.39 is 58.4 Å². The van der Waals surface area contributed by atoms with Crippen molar-refractivity contribution >= 4 is 33.7 Å². The van der Waals surface area contributed by atoms with E-state index in [4.69, 9.17) is 46.0 Å². The zero-order chi connectivity index (χ0) is 36.8. The number of nitrogen functional groups attached to an aromatic ring is 1. The van der Waals surface area contributed by atoms with Gasteiger partial charge in [-0.05, 0) is 32.1 Å². The SMILES string of the molecule is CS(=O)(=O)NCCOCCOCCOCCn1nncc1CCCO[C@H]1[C@@H](O)[C@H](C2C=Nc3c(N)ncnc32)O[C@@H]1C[C@@H](N)CC[C@H](N)C(=O)O. The molecule has 2 aliphatic heterocycles. The van der Waals surface area contributed by atoms with Crippen LogP contribution in [0.2, 0.25) is 0 Å². The number of aliphatic imine (C=N–C) groups is 1. The van der Waals surface area contributed by atoms with Gasteiger partial charge in [0.25, 0.3) is 0 Å². The second-order valence-corrected chi connectivity index (χ2v) is 14.2. The number of nitrogens with one attached hydrogen (secondary N) is 1. The van der Waals surface area contributed by atoms with Gasteiger partial charge in [0.1, 0.15) is 30.3 Å². The average molecular weight is 743 g/mol. The van der Waals surface area contributed by atoms with Crippen molar-refractivity contribution in [2.75, 3.05) is 64.8 Å². The Hall–Kier alpha value is -3.25. The van der Waals surface area contributed by atoms with Crippen LogP contribution in [-0.4, -0.2) is 151 Å². The summed E-state index contributed by atoms with van der Waals surface area (Å²) in [5.74, 6) is -1.33. The molecule has 0 bridgehead atoms. The summed E-state index contributed by atoms with van der Waals surface area (Å²) in [4.78, 5) is 23.9. The van der Waals surface area contributed by atoms with Crippen LogP contribution in [0.15, 0.2) is 17.5 Å². The molecular weight excluding hydrogens is 692 g/mol. The number of aromatic nitrogens is 5. The van der Waals surface area contributed by atoms with Gasteiger partial charge in [-0.3, -0.25) is 9.79 Å². The van der Waals surface area contributed by atoms with Crippen LogP contribution in [-0.2, 0) is 51.5 Å². The lowest BCUT2D eigenvalue weighted by Gasteiger charge is -2.24. The molecule has 9 N–H and O–H groups in total. The Bertz CT molecular complexity index is 1520. The van der Waals surface area contributed by atoms with Gasteiger partial charge in [-0.25, -0.2) is 27.8 Å². The Labute approximate surface area is 296 Å². The Morgan fingerprint density at radius 2 is 1.80 bits per heavy atom. The summed E-state index contributed by atoms with van der Waals surface area (Å²) < 4.78 is 55.1. The van der Waals surface area contributed by atoms with Crippen LogP contribution in [0.4, 0.5) is 11.5 Å². The molecule has 286 valence electrons. The fourth-order valence-corrected chi connectivity index (χ4v) is 6.22. The molecule has 1 fully saturated rings. The van der Waals surface area contributed by atoms with Gasteiger partial charge < -0.3 is 51.1 Å². The predicted molar refractivity (Wildman–Crippen MR) is 183 cm³/mol. The molecule has 51 heavy (non-hydrogen) atoms. The number of aliphatic hydroxyl groups excluding tert-OH is 1. The number of rotatable bonds is 25. The van der Waals surface area contributed by atoms with Crippen molar-refractivity contribution in [3.8, 4) is 0 Å². The van der Waals surface area contributed by atoms with E-state index in [1.54, 1.807) is 17.1 Å². The first-order valence-electron chi connectivity index (χ1n) is 16.8. The predicted octanol–water partition coefficient (Wildman–Crippen LogP) is -1.90. The maximum Gasteiger partial charge on any atom is 0.320 e. The highest BCUT2D eigenvalue weighted by molar-refractivity contribution is 7.88. The lowest BCUT2D eigenvalue weighted by Crippen LogP contribution is -2.40. The summed E-state index contributed by atoms with van der Waals surface area (Å²) in [6.07, 6.45) is 4.79. The number of aliphatic carboxylic acids is 1. The van der Waals surface area contributed by atoms with Crippen LogP contribution in [0, 0.1) is 0 Å². The average Bonchev–Trinajstić information content (AvgIpc) is 3.80. The number of nitrogens with two attached hydrogens (primary N) is 3. The van der Waals surface area contributed by atoms with Gasteiger partial charge in [0, 0.05) is 25.4 Å². The molecule has 0 aliphatic carbocycles. The van der Waals surface area contributed by atoms with Crippen LogP contribution in [0.25, 0.3) is 0 Å². The van der Waals surface area contributed by atoms with Crippen LogP contribution < -0.4 is 21.9 Å². The van der Waals surface area contributed by atoms with Gasteiger partial charge in [0.2, 0.25) is 10.0 Å². The molecule has 21 heteroatoms. The highest BCUT2D eigenvalue weighted by Gasteiger charge is 2.49. The molecule has 7 atom stereocenters. The zero-order valence-electron chi connectivity index (χ0n) is 28.7. The standard InChI is InChI=1S/C30H50N10O10S/c1-51(44,45)38-6-9-46-11-13-48-14-12-47-10-7-40-20(16-37-39-40)3-2-8-49-28-23(15-19(31)4-5-22(32)30(42)43)50-27(26(28)41)21-17-34-25-24(21)35-18-36-29(25)33/h16-19,21-23,26-28,38,41H,2-15,31-32H2,1H3,(H,42,43)(H2,33,35,36)/t19-,21?,22-,23+,26-,27-,28+/m0/s1. The molecule has 0 saturated carbocycles. The summed E-state index contributed by atoms with van der Waals surface area (Å²) in [5.41, 5.74) is 19.9. The quantitative estimate of drug-likeness (QED) is 0.0606. The Kier molecular flexibility index (Phi) is 16.0. The van der Waals surface area contributed by atoms with Crippen molar-refractivity contribution in [1.29, 1.82) is 0 Å². The number of anilines is 1. The third-order valence-corrected chi connectivity index (χ3v) is 9.10. The van der Waals surface area contributed by atoms with Crippen LogP contribution in [0.1, 0.15) is 43.0 Å². The summed E-state index contributed by atoms with van der Waals surface area (Å²) in [5, 5.41) is 28.8. The number of ether oxygens (including phenoxy) is 5. The van der Waals surface area contributed by atoms with E-state index in [1.807, 2.05) is 0 Å². The van der Waals surface area contributed by atoms with E-state index >= 15 is 0 Å². The summed E-state index contributed by atoms with van der Waals surface area (Å²) in [6, 6.07) is -1.46. The number of carbonyl (C=O) groups is 1. The van der Waals surface area contributed by atoms with E-state index in [9.17, 15) is 18.3 Å². The highest BCUT2D eigenvalue weighted by atomic mass is 32.2. The Morgan fingerprint density at radius 3 is 2.53 bits per heavy atom. The molecule has 20 nitrogen and oxygen atoms in total. The summed E-state index contributed by atoms with van der Waals surface area (Å²) in [6.45, 7) is 3.15. The molecule has 4 rings (SSSR count). The van der Waals surface area contributed by atoms with Crippen LogP contribution in [0.3, 0.4) is 0 Å². The molecule has 1 unspecified atom stereocenters. The maximum atomic E-state index is 11.5. The topological polar surface area (TPSA) is 297 Å². The van der Waals surface area contributed by atoms with Gasteiger partial charge in [-0.15, -0.1) is 5.10 Å². The number of hydrogen-bond acceptors (Lipinski definition) is 17. The molecule has 1 saturated heterocycles. The largest absolute Gasteiger partial charge is 0.480 e. The number of sulfonamides is 1. The molecular formula is C30H50N10O10S. The number of aliphatic hydroxyl groups is 1. The van der Waals surface area contributed by atoms with Gasteiger partial charge in [-0.1, -0.05) is 5.21 Å². The third kappa shape index (κ3) is 12.7. The van der Waals surface area contributed by atoms with Crippen LogP contribution in [0.5, 0.6) is 0 Å². The van der Waals surface area contributed by atoms with Crippen molar-refractivity contribution < 1.29 is 47.1 Å². The minimum Gasteiger partial charge on any atom is -0.480 e. The Balaban J connectivity index is 1.19. The smallest absolute Gasteiger partial charge is 0.320 e. The van der Waals surface area contributed by atoms with Crippen molar-refractivity contribution in [2.24, 2.45) is 16.5 Å². The van der Waals surface area contributed by atoms with E-state index in [0.717, 1.165) is 11.9 Å². The minimum atomic E-state index is -3.22. The molecule has 0 spiro atoms. The number of hydrogen-bond donors (Lipinski definition) is 6.